The average molecular weight is 283 g/mol. The molecule has 1 saturated heterocycles. The van der Waals surface area contributed by atoms with Crippen molar-refractivity contribution in [3.8, 4) is 0 Å². The van der Waals surface area contributed by atoms with Gasteiger partial charge in [0.2, 0.25) is 5.79 Å². The van der Waals surface area contributed by atoms with Crippen LogP contribution in [-0.2, 0) is 15.3 Å². The molecule has 0 bridgehead atoms. The quantitative estimate of drug-likeness (QED) is 0.915. The summed E-state index contributed by atoms with van der Waals surface area (Å²) in [5.74, 6) is -0.777. The molecular formula is C18H21NO2. The zero-order valence-electron chi connectivity index (χ0n) is 12.3. The van der Waals surface area contributed by atoms with Gasteiger partial charge in [-0.2, -0.15) is 0 Å². The van der Waals surface area contributed by atoms with Crippen LogP contribution in [0.3, 0.4) is 0 Å². The Bertz CT molecular complexity index is 516. The van der Waals surface area contributed by atoms with E-state index in [2.05, 4.69) is 29.6 Å². The van der Waals surface area contributed by atoms with Crippen LogP contribution in [0.2, 0.25) is 0 Å². The summed E-state index contributed by atoms with van der Waals surface area (Å²) >= 11 is 0. The van der Waals surface area contributed by atoms with E-state index < -0.39 is 5.79 Å². The molecule has 2 aromatic carbocycles. The Hall–Kier alpha value is -1.68. The molecule has 0 saturated carbocycles. The molecule has 3 nitrogen and oxygen atoms in total. The van der Waals surface area contributed by atoms with E-state index in [1.165, 1.54) is 0 Å². The van der Waals surface area contributed by atoms with Gasteiger partial charge in [-0.15, -0.1) is 0 Å². The maximum absolute atomic E-state index is 6.36. The minimum Gasteiger partial charge on any atom is -0.339 e. The molecule has 1 fully saturated rings. The van der Waals surface area contributed by atoms with Crippen LogP contribution in [0.25, 0.3) is 0 Å². The van der Waals surface area contributed by atoms with Gasteiger partial charge >= 0.3 is 0 Å². The largest absolute Gasteiger partial charge is 0.339 e. The third kappa shape index (κ3) is 2.86. The summed E-state index contributed by atoms with van der Waals surface area (Å²) in [7, 11) is 1.96. The number of benzene rings is 2. The third-order valence-electron chi connectivity index (χ3n) is 3.83. The first-order valence-corrected chi connectivity index (χ1v) is 7.42. The lowest BCUT2D eigenvalue weighted by Crippen LogP contribution is -2.30. The van der Waals surface area contributed by atoms with Crippen LogP contribution >= 0.6 is 0 Å². The van der Waals surface area contributed by atoms with Crippen molar-refractivity contribution in [1.82, 2.24) is 5.32 Å². The van der Waals surface area contributed by atoms with Crippen molar-refractivity contribution in [2.45, 2.75) is 18.3 Å². The predicted octanol–water partition coefficient (Wildman–Crippen LogP) is 2.91. The van der Waals surface area contributed by atoms with Crippen LogP contribution < -0.4 is 5.32 Å². The fourth-order valence-corrected chi connectivity index (χ4v) is 2.75. The van der Waals surface area contributed by atoms with Crippen molar-refractivity contribution >= 4 is 0 Å². The van der Waals surface area contributed by atoms with Crippen LogP contribution in [0.5, 0.6) is 0 Å². The minimum absolute atomic E-state index is 0.109. The fraction of sp³-hybridized carbons (Fsp3) is 0.333. The molecule has 0 aliphatic carbocycles. The highest BCUT2D eigenvalue weighted by atomic mass is 16.7. The molecule has 0 aromatic heterocycles. The van der Waals surface area contributed by atoms with E-state index in [0.717, 1.165) is 24.1 Å². The Kier molecular flexibility index (Phi) is 4.34. The van der Waals surface area contributed by atoms with Gasteiger partial charge in [0, 0.05) is 11.1 Å². The van der Waals surface area contributed by atoms with Gasteiger partial charge in [-0.05, 0) is 20.0 Å². The summed E-state index contributed by atoms with van der Waals surface area (Å²) in [6.45, 7) is 1.54. The lowest BCUT2D eigenvalue weighted by atomic mass is 9.97. The Morgan fingerprint density at radius 2 is 1.57 bits per heavy atom. The summed E-state index contributed by atoms with van der Waals surface area (Å²) in [6.07, 6.45) is 1.05. The molecule has 1 unspecified atom stereocenters. The maximum Gasteiger partial charge on any atom is 0.222 e. The van der Waals surface area contributed by atoms with E-state index in [4.69, 9.17) is 9.47 Å². The van der Waals surface area contributed by atoms with Crippen LogP contribution in [-0.4, -0.2) is 26.3 Å². The number of rotatable bonds is 5. The Balaban J connectivity index is 1.94. The molecule has 0 amide bonds. The maximum atomic E-state index is 6.36. The average Bonchev–Trinajstić information content (AvgIpc) is 3.00. The second-order valence-electron chi connectivity index (χ2n) is 5.29. The first-order chi connectivity index (χ1) is 10.3. The molecule has 2 aromatic rings. The SMILES string of the molecule is CNCCC1COC(c2ccccc2)(c2ccccc2)O1. The molecule has 1 aliphatic rings. The zero-order valence-corrected chi connectivity index (χ0v) is 12.3. The summed E-state index contributed by atoms with van der Waals surface area (Å²) in [4.78, 5) is 0. The highest BCUT2D eigenvalue weighted by Crippen LogP contribution is 2.40. The van der Waals surface area contributed by atoms with Crippen molar-refractivity contribution in [3.05, 3.63) is 71.8 Å². The zero-order chi connectivity index (χ0) is 14.5. The molecule has 1 aliphatic heterocycles. The van der Waals surface area contributed by atoms with E-state index in [9.17, 15) is 0 Å². The highest BCUT2D eigenvalue weighted by Gasteiger charge is 2.44. The van der Waals surface area contributed by atoms with Crippen LogP contribution in [0, 0.1) is 0 Å². The summed E-state index contributed by atoms with van der Waals surface area (Å²) in [6, 6.07) is 20.4. The molecule has 0 radical (unpaired) electrons. The van der Waals surface area contributed by atoms with Gasteiger partial charge < -0.3 is 14.8 Å². The predicted molar refractivity (Wildman–Crippen MR) is 83.0 cm³/mol. The van der Waals surface area contributed by atoms with E-state index in [1.807, 2.05) is 43.4 Å². The summed E-state index contributed by atoms with van der Waals surface area (Å²) < 4.78 is 12.5. The first-order valence-electron chi connectivity index (χ1n) is 7.42. The number of hydrogen-bond donors (Lipinski definition) is 1. The van der Waals surface area contributed by atoms with Gasteiger partial charge in [-0.3, -0.25) is 0 Å². The number of ether oxygens (including phenoxy) is 2. The number of nitrogens with one attached hydrogen (secondary N) is 1. The fourth-order valence-electron chi connectivity index (χ4n) is 2.75. The lowest BCUT2D eigenvalue weighted by molar-refractivity contribution is -0.143. The van der Waals surface area contributed by atoms with Gasteiger partial charge in [-0.25, -0.2) is 0 Å². The van der Waals surface area contributed by atoms with Crippen LogP contribution in [0.4, 0.5) is 0 Å². The Labute approximate surface area is 125 Å². The van der Waals surface area contributed by atoms with E-state index in [0.29, 0.717) is 6.61 Å². The lowest BCUT2D eigenvalue weighted by Gasteiger charge is -2.29. The van der Waals surface area contributed by atoms with Crippen LogP contribution in [0.1, 0.15) is 17.5 Å². The van der Waals surface area contributed by atoms with E-state index in [-0.39, 0.29) is 6.10 Å². The monoisotopic (exact) mass is 283 g/mol. The standard InChI is InChI=1S/C18H21NO2/c1-19-13-12-17-14-20-18(21-17,15-8-4-2-5-9-15)16-10-6-3-7-11-16/h2-11,17,19H,12-14H2,1H3. The normalized spacial score (nSPS) is 20.5. The van der Waals surface area contributed by atoms with Crippen molar-refractivity contribution < 1.29 is 9.47 Å². The number of hydrogen-bond acceptors (Lipinski definition) is 3. The van der Waals surface area contributed by atoms with Crippen molar-refractivity contribution in [3.63, 3.8) is 0 Å². The molecule has 3 heteroatoms. The van der Waals surface area contributed by atoms with Crippen molar-refractivity contribution in [1.29, 1.82) is 0 Å². The molecule has 0 spiro atoms. The van der Waals surface area contributed by atoms with Gasteiger partial charge in [0.05, 0.1) is 12.7 Å². The summed E-state index contributed by atoms with van der Waals surface area (Å²) in [5.41, 5.74) is 2.09. The Morgan fingerprint density at radius 3 is 2.10 bits per heavy atom. The van der Waals surface area contributed by atoms with Crippen LogP contribution in [0.15, 0.2) is 60.7 Å². The van der Waals surface area contributed by atoms with Crippen molar-refractivity contribution in [2.75, 3.05) is 20.2 Å². The van der Waals surface area contributed by atoms with E-state index in [1.54, 1.807) is 0 Å². The second kappa shape index (κ2) is 6.39. The van der Waals surface area contributed by atoms with Gasteiger partial charge in [0.25, 0.3) is 0 Å². The molecule has 110 valence electrons. The van der Waals surface area contributed by atoms with E-state index >= 15 is 0 Å². The molecular weight excluding hydrogens is 262 g/mol. The third-order valence-corrected chi connectivity index (χ3v) is 3.83. The first kappa shape index (κ1) is 14.3. The molecule has 3 rings (SSSR count). The molecule has 1 N–H and O–H groups in total. The molecule has 1 heterocycles. The Morgan fingerprint density at radius 1 is 1.00 bits per heavy atom. The van der Waals surface area contributed by atoms with Gasteiger partial charge in [0.1, 0.15) is 0 Å². The second-order valence-corrected chi connectivity index (χ2v) is 5.29. The van der Waals surface area contributed by atoms with Gasteiger partial charge in [-0.1, -0.05) is 60.7 Å². The minimum atomic E-state index is -0.777. The molecule has 1 atom stereocenters. The summed E-state index contributed by atoms with van der Waals surface area (Å²) in [5, 5.41) is 3.17. The van der Waals surface area contributed by atoms with Crippen molar-refractivity contribution in [2.24, 2.45) is 0 Å². The topological polar surface area (TPSA) is 30.5 Å². The smallest absolute Gasteiger partial charge is 0.222 e. The van der Waals surface area contributed by atoms with Gasteiger partial charge in [0.15, 0.2) is 0 Å². The molecule has 21 heavy (non-hydrogen) atoms. The highest BCUT2D eigenvalue weighted by molar-refractivity contribution is 5.34.